The van der Waals surface area contributed by atoms with Gasteiger partial charge in [-0.2, -0.15) is 0 Å². The van der Waals surface area contributed by atoms with E-state index in [1.54, 1.807) is 12.1 Å². The van der Waals surface area contributed by atoms with Crippen LogP contribution in [0.5, 0.6) is 0 Å². The molecule has 0 saturated heterocycles. The Labute approximate surface area is 139 Å². The van der Waals surface area contributed by atoms with Gasteiger partial charge >= 0.3 is 5.97 Å². The third-order valence-corrected chi connectivity index (χ3v) is 3.88. The van der Waals surface area contributed by atoms with Crippen LogP contribution >= 0.6 is 0 Å². The summed E-state index contributed by atoms with van der Waals surface area (Å²) in [5, 5.41) is 2.61. The standard InChI is InChI=1S/C19H29NO3/c1-5-15-7-9-17(10-8-15)19(22)20-12-18(21)23-13-16(6-2)11-14(3)4/h7-10,14,16H,5-6,11-13H2,1-4H3,(H,20,22). The molecule has 4 nitrogen and oxygen atoms in total. The van der Waals surface area contributed by atoms with E-state index in [2.05, 4.69) is 33.0 Å². The highest BCUT2D eigenvalue weighted by Gasteiger charge is 2.13. The first-order chi connectivity index (χ1) is 11.0. The molecule has 23 heavy (non-hydrogen) atoms. The minimum absolute atomic E-state index is 0.0908. The van der Waals surface area contributed by atoms with Crippen molar-refractivity contribution in [1.82, 2.24) is 5.32 Å². The molecule has 0 fully saturated rings. The molecular weight excluding hydrogens is 290 g/mol. The van der Waals surface area contributed by atoms with Gasteiger partial charge in [-0.05, 0) is 42.4 Å². The fourth-order valence-corrected chi connectivity index (χ4v) is 2.43. The number of hydrogen-bond donors (Lipinski definition) is 1. The predicted octanol–water partition coefficient (Wildman–Crippen LogP) is 3.59. The molecule has 0 spiro atoms. The number of carbonyl (C=O) groups is 2. The molecule has 4 heteroatoms. The van der Waals surface area contributed by atoms with Crippen LogP contribution in [-0.4, -0.2) is 25.0 Å². The lowest BCUT2D eigenvalue weighted by molar-refractivity contribution is -0.144. The Morgan fingerprint density at radius 3 is 2.30 bits per heavy atom. The average Bonchev–Trinajstić information content (AvgIpc) is 2.56. The van der Waals surface area contributed by atoms with Gasteiger partial charge in [0.15, 0.2) is 0 Å². The summed E-state index contributed by atoms with van der Waals surface area (Å²) in [6.07, 6.45) is 2.96. The second-order valence-electron chi connectivity index (χ2n) is 6.32. The number of carbonyl (C=O) groups excluding carboxylic acids is 2. The fraction of sp³-hybridized carbons (Fsp3) is 0.579. The third kappa shape index (κ3) is 7.31. The number of esters is 1. The van der Waals surface area contributed by atoms with E-state index in [9.17, 15) is 9.59 Å². The molecule has 1 aromatic rings. The molecule has 0 saturated carbocycles. The Hall–Kier alpha value is -1.84. The van der Waals surface area contributed by atoms with Crippen molar-refractivity contribution >= 4 is 11.9 Å². The minimum Gasteiger partial charge on any atom is -0.464 e. The molecule has 0 aromatic heterocycles. The van der Waals surface area contributed by atoms with Gasteiger partial charge in [-0.3, -0.25) is 9.59 Å². The third-order valence-electron chi connectivity index (χ3n) is 3.88. The van der Waals surface area contributed by atoms with Crippen LogP contribution in [0.25, 0.3) is 0 Å². The Kier molecular flexibility index (Phi) is 8.38. The number of rotatable bonds is 9. The van der Waals surface area contributed by atoms with E-state index in [-0.39, 0.29) is 18.4 Å². The van der Waals surface area contributed by atoms with Crippen molar-refractivity contribution in [2.24, 2.45) is 11.8 Å². The second-order valence-corrected chi connectivity index (χ2v) is 6.32. The van der Waals surface area contributed by atoms with E-state index in [0.717, 1.165) is 19.3 Å². The lowest BCUT2D eigenvalue weighted by atomic mass is 9.96. The van der Waals surface area contributed by atoms with Gasteiger partial charge in [0.05, 0.1) is 6.61 Å². The summed E-state index contributed by atoms with van der Waals surface area (Å²) in [6.45, 7) is 8.82. The Morgan fingerprint density at radius 1 is 1.13 bits per heavy atom. The average molecular weight is 319 g/mol. The zero-order valence-electron chi connectivity index (χ0n) is 14.7. The van der Waals surface area contributed by atoms with Crippen LogP contribution < -0.4 is 5.32 Å². The van der Waals surface area contributed by atoms with Crippen LogP contribution in [0.15, 0.2) is 24.3 Å². The summed E-state index contributed by atoms with van der Waals surface area (Å²) >= 11 is 0. The maximum Gasteiger partial charge on any atom is 0.325 e. The number of benzene rings is 1. The van der Waals surface area contributed by atoms with Crippen molar-refractivity contribution in [1.29, 1.82) is 0 Å². The zero-order chi connectivity index (χ0) is 17.2. The molecule has 1 N–H and O–H groups in total. The monoisotopic (exact) mass is 319 g/mol. The van der Waals surface area contributed by atoms with Crippen molar-refractivity contribution < 1.29 is 14.3 Å². The van der Waals surface area contributed by atoms with Crippen LogP contribution in [0.2, 0.25) is 0 Å². The van der Waals surface area contributed by atoms with Crippen molar-refractivity contribution in [2.75, 3.05) is 13.2 Å². The molecule has 0 aliphatic carbocycles. The highest BCUT2D eigenvalue weighted by Crippen LogP contribution is 2.15. The van der Waals surface area contributed by atoms with E-state index in [1.165, 1.54) is 5.56 Å². The lowest BCUT2D eigenvalue weighted by Gasteiger charge is -2.17. The summed E-state index contributed by atoms with van der Waals surface area (Å²) in [5.41, 5.74) is 1.73. The normalized spacial score (nSPS) is 12.0. The summed E-state index contributed by atoms with van der Waals surface area (Å²) in [4.78, 5) is 23.7. The summed E-state index contributed by atoms with van der Waals surface area (Å²) in [7, 11) is 0. The first-order valence-electron chi connectivity index (χ1n) is 8.48. The Morgan fingerprint density at radius 2 is 1.78 bits per heavy atom. The van der Waals surface area contributed by atoms with Gasteiger partial charge in [0.2, 0.25) is 0 Å². The topological polar surface area (TPSA) is 55.4 Å². The fourth-order valence-electron chi connectivity index (χ4n) is 2.43. The molecular formula is C19H29NO3. The van der Waals surface area contributed by atoms with E-state index >= 15 is 0 Å². The van der Waals surface area contributed by atoms with Gasteiger partial charge in [-0.1, -0.05) is 46.2 Å². The van der Waals surface area contributed by atoms with Gasteiger partial charge in [0, 0.05) is 5.56 Å². The molecule has 1 aromatic carbocycles. The molecule has 1 unspecified atom stereocenters. The minimum atomic E-state index is -0.384. The quantitative estimate of drug-likeness (QED) is 0.708. The van der Waals surface area contributed by atoms with Crippen molar-refractivity contribution in [3.63, 3.8) is 0 Å². The molecule has 0 bridgehead atoms. The van der Waals surface area contributed by atoms with E-state index < -0.39 is 0 Å². The molecule has 1 amide bonds. The summed E-state index contributed by atoms with van der Waals surface area (Å²) in [5.74, 6) is 0.338. The van der Waals surface area contributed by atoms with Gasteiger partial charge in [0.1, 0.15) is 6.54 Å². The molecule has 1 atom stereocenters. The molecule has 0 heterocycles. The largest absolute Gasteiger partial charge is 0.464 e. The summed E-state index contributed by atoms with van der Waals surface area (Å²) in [6, 6.07) is 7.39. The number of amides is 1. The van der Waals surface area contributed by atoms with E-state index in [4.69, 9.17) is 4.74 Å². The first-order valence-corrected chi connectivity index (χ1v) is 8.48. The molecule has 0 aliphatic heterocycles. The molecule has 1 rings (SSSR count). The van der Waals surface area contributed by atoms with Crippen molar-refractivity contribution in [3.05, 3.63) is 35.4 Å². The molecule has 0 radical (unpaired) electrons. The van der Waals surface area contributed by atoms with Crippen LogP contribution in [-0.2, 0) is 16.0 Å². The van der Waals surface area contributed by atoms with Crippen LogP contribution in [0.4, 0.5) is 0 Å². The van der Waals surface area contributed by atoms with Gasteiger partial charge < -0.3 is 10.1 Å². The number of ether oxygens (including phenoxy) is 1. The number of nitrogens with one attached hydrogen (secondary N) is 1. The Balaban J connectivity index is 2.35. The van der Waals surface area contributed by atoms with Crippen LogP contribution in [0.1, 0.15) is 56.5 Å². The maximum absolute atomic E-state index is 12.0. The highest BCUT2D eigenvalue weighted by atomic mass is 16.5. The van der Waals surface area contributed by atoms with Crippen LogP contribution in [0.3, 0.4) is 0 Å². The molecule has 128 valence electrons. The van der Waals surface area contributed by atoms with Crippen LogP contribution in [0, 0.1) is 11.8 Å². The SMILES string of the molecule is CCc1ccc(C(=O)NCC(=O)OCC(CC)CC(C)C)cc1. The first kappa shape index (κ1) is 19.2. The number of hydrogen-bond acceptors (Lipinski definition) is 3. The number of aryl methyl sites for hydroxylation is 1. The smallest absolute Gasteiger partial charge is 0.325 e. The zero-order valence-corrected chi connectivity index (χ0v) is 14.7. The summed E-state index contributed by atoms with van der Waals surface area (Å²) < 4.78 is 5.27. The van der Waals surface area contributed by atoms with Gasteiger partial charge in [-0.15, -0.1) is 0 Å². The van der Waals surface area contributed by atoms with Crippen molar-refractivity contribution in [2.45, 2.75) is 47.0 Å². The molecule has 0 aliphatic rings. The van der Waals surface area contributed by atoms with Crippen molar-refractivity contribution in [3.8, 4) is 0 Å². The second kappa shape index (κ2) is 10.0. The van der Waals surface area contributed by atoms with Gasteiger partial charge in [-0.25, -0.2) is 0 Å². The maximum atomic E-state index is 12.0. The van der Waals surface area contributed by atoms with E-state index in [1.807, 2.05) is 12.1 Å². The highest BCUT2D eigenvalue weighted by molar-refractivity contribution is 5.95. The lowest BCUT2D eigenvalue weighted by Crippen LogP contribution is -2.31. The van der Waals surface area contributed by atoms with Gasteiger partial charge in [0.25, 0.3) is 5.91 Å². The predicted molar refractivity (Wildman–Crippen MR) is 92.3 cm³/mol. The van der Waals surface area contributed by atoms with E-state index in [0.29, 0.717) is 24.0 Å². The Bertz CT molecular complexity index is 494.